The summed E-state index contributed by atoms with van der Waals surface area (Å²) in [6.45, 7) is 10.0. The van der Waals surface area contributed by atoms with Crippen LogP contribution in [0.4, 0.5) is 9.59 Å². The summed E-state index contributed by atoms with van der Waals surface area (Å²) in [6.07, 6.45) is -0.839. The van der Waals surface area contributed by atoms with E-state index in [-0.39, 0.29) is 0 Å². The predicted octanol–water partition coefficient (Wildman–Crippen LogP) is -0.179. The van der Waals surface area contributed by atoms with Gasteiger partial charge in [0.1, 0.15) is 0 Å². The Kier molecular flexibility index (Phi) is 14.9. The van der Waals surface area contributed by atoms with E-state index >= 15 is 0 Å². The van der Waals surface area contributed by atoms with E-state index in [1.165, 1.54) is 14.2 Å². The Balaban J connectivity index is 2.17. The fraction of sp³-hybridized carbons (Fsp3) is 0.909. The molecule has 0 aromatic carbocycles. The minimum Gasteiger partial charge on any atom is -0.453 e. The van der Waals surface area contributed by atoms with Gasteiger partial charge in [0.2, 0.25) is 0 Å². The van der Waals surface area contributed by atoms with Crippen molar-refractivity contribution in [1.82, 2.24) is 19.6 Å². The van der Waals surface area contributed by atoms with Crippen LogP contribution in [0.1, 0.15) is 0 Å². The van der Waals surface area contributed by atoms with Crippen LogP contribution in [0.3, 0.4) is 0 Å². The molecular weight excluding hydrogens is 448 g/mol. The molecule has 0 radical (unpaired) electrons. The second-order valence-electron chi connectivity index (χ2n) is 8.05. The average molecular weight is 491 g/mol. The highest BCUT2D eigenvalue weighted by Gasteiger charge is 2.21. The molecule has 0 unspecified atom stereocenters. The van der Waals surface area contributed by atoms with E-state index in [2.05, 4.69) is 9.80 Å². The third-order valence-corrected chi connectivity index (χ3v) is 5.83. The molecule has 3 rings (SSSR count). The van der Waals surface area contributed by atoms with Gasteiger partial charge < -0.3 is 38.2 Å². The summed E-state index contributed by atoms with van der Waals surface area (Å²) < 4.78 is 33.0. The second kappa shape index (κ2) is 17.7. The first-order valence-electron chi connectivity index (χ1n) is 12.1. The van der Waals surface area contributed by atoms with E-state index in [9.17, 15) is 9.59 Å². The van der Waals surface area contributed by atoms with Crippen LogP contribution in [0, 0.1) is 0 Å². The molecule has 0 aromatic rings. The highest BCUT2D eigenvalue weighted by atomic mass is 16.5. The SMILES string of the molecule is COC(=O)N1CCN2CCOCCOCCN(CCOCCOCC2)CCN(C(=O)OC)CC1. The lowest BCUT2D eigenvalue weighted by Crippen LogP contribution is -2.47. The molecule has 198 valence electrons. The zero-order chi connectivity index (χ0) is 24.4. The second-order valence-corrected chi connectivity index (χ2v) is 8.05. The smallest absolute Gasteiger partial charge is 0.409 e. The maximum absolute atomic E-state index is 12.4. The fourth-order valence-electron chi connectivity index (χ4n) is 3.70. The maximum Gasteiger partial charge on any atom is 0.409 e. The number of ether oxygens (including phenoxy) is 6. The lowest BCUT2D eigenvalue weighted by Gasteiger charge is -2.31. The summed E-state index contributed by atoms with van der Waals surface area (Å²) in [5.41, 5.74) is 0. The molecule has 0 atom stereocenters. The zero-order valence-electron chi connectivity index (χ0n) is 20.8. The van der Waals surface area contributed by atoms with Crippen LogP contribution in [0.25, 0.3) is 0 Å². The van der Waals surface area contributed by atoms with Crippen molar-refractivity contribution in [3.05, 3.63) is 0 Å². The van der Waals surface area contributed by atoms with E-state index < -0.39 is 12.2 Å². The van der Waals surface area contributed by atoms with Gasteiger partial charge in [-0.25, -0.2) is 9.59 Å². The van der Waals surface area contributed by atoms with E-state index in [4.69, 9.17) is 28.4 Å². The summed E-state index contributed by atoms with van der Waals surface area (Å²) in [5, 5.41) is 0. The summed E-state index contributed by atoms with van der Waals surface area (Å²) in [7, 11) is 2.73. The lowest BCUT2D eigenvalue weighted by molar-refractivity contribution is 0.00515. The molecular formula is C22H42N4O8. The summed E-state index contributed by atoms with van der Waals surface area (Å²) in [5.74, 6) is 0. The quantitative estimate of drug-likeness (QED) is 0.454. The Morgan fingerprint density at radius 1 is 0.471 bits per heavy atom. The Labute approximate surface area is 202 Å². The zero-order valence-corrected chi connectivity index (χ0v) is 20.8. The molecule has 3 aliphatic heterocycles. The highest BCUT2D eigenvalue weighted by Crippen LogP contribution is 2.03. The molecule has 0 aliphatic carbocycles. The number of methoxy groups -OCH3 is 2. The van der Waals surface area contributed by atoms with Gasteiger partial charge in [0.25, 0.3) is 0 Å². The van der Waals surface area contributed by atoms with Gasteiger partial charge in [0, 0.05) is 65.4 Å². The molecule has 0 N–H and O–H groups in total. The van der Waals surface area contributed by atoms with Crippen molar-refractivity contribution in [3.8, 4) is 0 Å². The minimum atomic E-state index is -0.419. The summed E-state index contributed by atoms with van der Waals surface area (Å²) in [4.78, 5) is 32.5. The molecule has 3 aliphatic rings. The van der Waals surface area contributed by atoms with Crippen LogP contribution in [-0.2, 0) is 28.4 Å². The summed E-state index contributed by atoms with van der Waals surface area (Å²) >= 11 is 0. The van der Waals surface area contributed by atoms with Gasteiger partial charge in [-0.05, 0) is 0 Å². The molecule has 2 bridgehead atoms. The first-order valence-corrected chi connectivity index (χ1v) is 12.1. The Morgan fingerprint density at radius 2 is 0.765 bits per heavy atom. The number of carbonyl (C=O) groups is 2. The molecule has 12 nitrogen and oxygen atoms in total. The van der Waals surface area contributed by atoms with Crippen molar-refractivity contribution in [3.63, 3.8) is 0 Å². The van der Waals surface area contributed by atoms with Crippen LogP contribution in [-0.4, -0.2) is 164 Å². The average Bonchev–Trinajstić information content (AvgIpc) is 2.85. The van der Waals surface area contributed by atoms with Crippen molar-refractivity contribution in [2.45, 2.75) is 0 Å². The molecule has 3 heterocycles. The van der Waals surface area contributed by atoms with Crippen molar-refractivity contribution in [1.29, 1.82) is 0 Å². The van der Waals surface area contributed by atoms with Crippen molar-refractivity contribution in [2.24, 2.45) is 0 Å². The lowest BCUT2D eigenvalue weighted by atomic mass is 10.3. The molecule has 0 spiro atoms. The Morgan fingerprint density at radius 3 is 1.06 bits per heavy atom. The van der Waals surface area contributed by atoms with Crippen LogP contribution in [0.5, 0.6) is 0 Å². The maximum atomic E-state index is 12.4. The molecule has 3 saturated heterocycles. The van der Waals surface area contributed by atoms with Gasteiger partial charge in [0.05, 0.1) is 67.1 Å². The first kappa shape index (κ1) is 28.5. The fourth-order valence-corrected chi connectivity index (χ4v) is 3.70. The van der Waals surface area contributed by atoms with Gasteiger partial charge >= 0.3 is 12.2 Å². The predicted molar refractivity (Wildman–Crippen MR) is 124 cm³/mol. The van der Waals surface area contributed by atoms with Gasteiger partial charge in [0.15, 0.2) is 0 Å². The molecule has 0 aromatic heterocycles. The number of carbonyl (C=O) groups excluding carboxylic acids is 2. The monoisotopic (exact) mass is 490 g/mol. The highest BCUT2D eigenvalue weighted by molar-refractivity contribution is 5.68. The molecule has 12 heteroatoms. The Hall–Kier alpha value is -1.70. The summed E-state index contributed by atoms with van der Waals surface area (Å²) in [6, 6.07) is 0. The normalized spacial score (nSPS) is 25.8. The topological polar surface area (TPSA) is 102 Å². The first-order chi connectivity index (χ1) is 16.6. The van der Waals surface area contributed by atoms with Gasteiger partial charge in [-0.15, -0.1) is 0 Å². The molecule has 0 saturated carbocycles. The number of nitrogens with zero attached hydrogens (tertiary/aromatic N) is 4. The van der Waals surface area contributed by atoms with E-state index in [0.717, 1.165) is 0 Å². The van der Waals surface area contributed by atoms with E-state index in [0.29, 0.717) is 118 Å². The minimum absolute atomic E-state index is 0.342. The van der Waals surface area contributed by atoms with Gasteiger partial charge in [-0.2, -0.15) is 0 Å². The molecule has 34 heavy (non-hydrogen) atoms. The van der Waals surface area contributed by atoms with Crippen LogP contribution in [0.15, 0.2) is 0 Å². The van der Waals surface area contributed by atoms with E-state index in [1.54, 1.807) is 9.80 Å². The Bertz CT molecular complexity index is 503. The third kappa shape index (κ3) is 11.6. The number of hydrogen-bond donors (Lipinski definition) is 0. The van der Waals surface area contributed by atoms with Crippen LogP contribution in [0.2, 0.25) is 0 Å². The van der Waals surface area contributed by atoms with Crippen molar-refractivity contribution >= 4 is 12.2 Å². The van der Waals surface area contributed by atoms with Crippen molar-refractivity contribution < 1.29 is 38.0 Å². The standard InChI is InChI=1S/C22H42N4O8/c1-29-21(27)25-5-3-23-9-13-31-17-19-33-15-11-24(12-16-34-20-18-32-14-10-23)4-6-26(8-7-25)22(28)30-2/h3-20H2,1-2H3. The van der Waals surface area contributed by atoms with E-state index in [1.807, 2.05) is 0 Å². The van der Waals surface area contributed by atoms with Gasteiger partial charge in [-0.3, -0.25) is 9.80 Å². The number of fused-ring (bicyclic) bond motifs is 21. The third-order valence-electron chi connectivity index (χ3n) is 5.83. The van der Waals surface area contributed by atoms with Crippen molar-refractivity contribution in [2.75, 3.05) is 133 Å². The molecule has 2 amide bonds. The van der Waals surface area contributed by atoms with Crippen LogP contribution >= 0.6 is 0 Å². The van der Waals surface area contributed by atoms with Crippen LogP contribution < -0.4 is 0 Å². The molecule has 3 fully saturated rings. The number of hydrogen-bond acceptors (Lipinski definition) is 10. The number of amides is 2. The van der Waals surface area contributed by atoms with Gasteiger partial charge in [-0.1, -0.05) is 0 Å². The number of rotatable bonds is 0. The largest absolute Gasteiger partial charge is 0.453 e.